The maximum atomic E-state index is 9.48. The van der Waals surface area contributed by atoms with Gasteiger partial charge in [0.05, 0.1) is 6.10 Å². The van der Waals surface area contributed by atoms with E-state index in [1.54, 1.807) is 0 Å². The Bertz CT molecular complexity index is 95.6. The van der Waals surface area contributed by atoms with Gasteiger partial charge in [-0.25, -0.2) is 0 Å². The molecule has 0 fully saturated rings. The van der Waals surface area contributed by atoms with E-state index in [1.165, 1.54) is 0 Å². The van der Waals surface area contributed by atoms with Gasteiger partial charge in [0.15, 0.2) is 0 Å². The van der Waals surface area contributed by atoms with E-state index in [0.29, 0.717) is 6.04 Å². The standard InChI is InChI=1S/C9H21NO/c1-5-7-10(4)8(3)9(11)6-2/h8-9,11H,5-7H2,1-4H3. The van der Waals surface area contributed by atoms with E-state index in [0.717, 1.165) is 19.4 Å². The Hall–Kier alpha value is -0.0800. The summed E-state index contributed by atoms with van der Waals surface area (Å²) < 4.78 is 0. The molecule has 1 N–H and O–H groups in total. The van der Waals surface area contributed by atoms with Gasteiger partial charge >= 0.3 is 0 Å². The quantitative estimate of drug-likeness (QED) is 0.657. The molecule has 0 rings (SSSR count). The maximum Gasteiger partial charge on any atom is 0.0689 e. The highest BCUT2D eigenvalue weighted by Gasteiger charge is 2.15. The molecule has 0 aromatic carbocycles. The van der Waals surface area contributed by atoms with Crippen molar-refractivity contribution >= 4 is 0 Å². The Morgan fingerprint density at radius 2 is 1.91 bits per heavy atom. The topological polar surface area (TPSA) is 23.5 Å². The number of hydrogen-bond donors (Lipinski definition) is 1. The molecular formula is C9H21NO. The van der Waals surface area contributed by atoms with Gasteiger partial charge in [0.1, 0.15) is 0 Å². The fraction of sp³-hybridized carbons (Fsp3) is 1.00. The van der Waals surface area contributed by atoms with E-state index in [1.807, 2.05) is 6.92 Å². The third-order valence-electron chi connectivity index (χ3n) is 2.25. The number of likely N-dealkylation sites (N-methyl/N-ethyl adjacent to an activating group) is 1. The van der Waals surface area contributed by atoms with Crippen LogP contribution in [-0.2, 0) is 0 Å². The van der Waals surface area contributed by atoms with Gasteiger partial charge < -0.3 is 10.0 Å². The van der Waals surface area contributed by atoms with Crippen molar-refractivity contribution in [1.82, 2.24) is 4.90 Å². The first-order chi connectivity index (χ1) is 5.13. The largest absolute Gasteiger partial charge is 0.392 e. The second kappa shape index (κ2) is 5.56. The zero-order valence-corrected chi connectivity index (χ0v) is 8.17. The predicted octanol–water partition coefficient (Wildman–Crippen LogP) is 1.49. The van der Waals surface area contributed by atoms with Crippen LogP contribution < -0.4 is 0 Å². The van der Waals surface area contributed by atoms with Crippen molar-refractivity contribution in [2.45, 2.75) is 45.8 Å². The minimum absolute atomic E-state index is 0.174. The summed E-state index contributed by atoms with van der Waals surface area (Å²) in [5.74, 6) is 0. The normalized spacial score (nSPS) is 16.9. The molecule has 0 aliphatic carbocycles. The van der Waals surface area contributed by atoms with Crippen LogP contribution in [0.4, 0.5) is 0 Å². The van der Waals surface area contributed by atoms with Crippen LogP contribution in [0.3, 0.4) is 0 Å². The number of hydrogen-bond acceptors (Lipinski definition) is 2. The van der Waals surface area contributed by atoms with Gasteiger partial charge in [0, 0.05) is 6.04 Å². The average molecular weight is 159 g/mol. The molecule has 0 aliphatic rings. The van der Waals surface area contributed by atoms with Crippen LogP contribution >= 0.6 is 0 Å². The Morgan fingerprint density at radius 1 is 1.36 bits per heavy atom. The highest BCUT2D eigenvalue weighted by atomic mass is 16.3. The van der Waals surface area contributed by atoms with Gasteiger partial charge in [-0.05, 0) is 33.4 Å². The maximum absolute atomic E-state index is 9.48. The molecule has 2 heteroatoms. The highest BCUT2D eigenvalue weighted by molar-refractivity contribution is 4.70. The van der Waals surface area contributed by atoms with E-state index in [2.05, 4.69) is 25.8 Å². The minimum atomic E-state index is -0.174. The molecule has 68 valence electrons. The molecule has 2 nitrogen and oxygen atoms in total. The number of nitrogens with zero attached hydrogens (tertiary/aromatic N) is 1. The Morgan fingerprint density at radius 3 is 2.27 bits per heavy atom. The number of aliphatic hydroxyl groups excluding tert-OH is 1. The molecule has 0 aliphatic heterocycles. The van der Waals surface area contributed by atoms with Crippen molar-refractivity contribution < 1.29 is 5.11 Å². The zero-order chi connectivity index (χ0) is 8.85. The van der Waals surface area contributed by atoms with Crippen LogP contribution in [0.5, 0.6) is 0 Å². The first-order valence-electron chi connectivity index (χ1n) is 4.51. The molecule has 0 radical (unpaired) electrons. The van der Waals surface area contributed by atoms with Crippen molar-refractivity contribution in [3.8, 4) is 0 Å². The molecular weight excluding hydrogens is 138 g/mol. The summed E-state index contributed by atoms with van der Waals surface area (Å²) >= 11 is 0. The van der Waals surface area contributed by atoms with E-state index in [9.17, 15) is 5.11 Å². The Labute approximate surface area is 70.2 Å². The van der Waals surface area contributed by atoms with Crippen LogP contribution in [-0.4, -0.2) is 35.7 Å². The van der Waals surface area contributed by atoms with E-state index in [-0.39, 0.29) is 6.10 Å². The molecule has 11 heavy (non-hydrogen) atoms. The summed E-state index contributed by atoms with van der Waals surface area (Å²) in [5.41, 5.74) is 0. The summed E-state index contributed by atoms with van der Waals surface area (Å²) in [6, 6.07) is 0.292. The third kappa shape index (κ3) is 3.73. The molecule has 0 aromatic rings. The summed E-state index contributed by atoms with van der Waals surface area (Å²) in [6.45, 7) is 7.31. The molecule has 0 heterocycles. The first-order valence-corrected chi connectivity index (χ1v) is 4.51. The van der Waals surface area contributed by atoms with Crippen molar-refractivity contribution in [2.75, 3.05) is 13.6 Å². The van der Waals surface area contributed by atoms with Crippen LogP contribution in [0.2, 0.25) is 0 Å². The molecule has 0 spiro atoms. The fourth-order valence-corrected chi connectivity index (χ4v) is 1.19. The summed E-state index contributed by atoms with van der Waals surface area (Å²) in [4.78, 5) is 2.20. The van der Waals surface area contributed by atoms with Gasteiger partial charge in [-0.2, -0.15) is 0 Å². The Balaban J connectivity index is 3.70. The second-order valence-electron chi connectivity index (χ2n) is 3.20. The van der Waals surface area contributed by atoms with Gasteiger partial charge in [0.25, 0.3) is 0 Å². The van der Waals surface area contributed by atoms with Gasteiger partial charge in [0.2, 0.25) is 0 Å². The van der Waals surface area contributed by atoms with Crippen LogP contribution in [0, 0.1) is 0 Å². The minimum Gasteiger partial charge on any atom is -0.392 e. The van der Waals surface area contributed by atoms with Gasteiger partial charge in [-0.3, -0.25) is 0 Å². The number of rotatable bonds is 5. The second-order valence-corrected chi connectivity index (χ2v) is 3.20. The van der Waals surface area contributed by atoms with Gasteiger partial charge in [-0.1, -0.05) is 13.8 Å². The van der Waals surface area contributed by atoms with Crippen molar-refractivity contribution in [3.63, 3.8) is 0 Å². The molecule has 0 amide bonds. The Kier molecular flexibility index (Phi) is 5.51. The highest BCUT2D eigenvalue weighted by Crippen LogP contribution is 2.05. The molecule has 0 bridgehead atoms. The van der Waals surface area contributed by atoms with Crippen molar-refractivity contribution in [1.29, 1.82) is 0 Å². The lowest BCUT2D eigenvalue weighted by molar-refractivity contribution is 0.0702. The number of aliphatic hydroxyl groups is 1. The summed E-state index contributed by atoms with van der Waals surface area (Å²) in [6.07, 6.45) is 1.82. The fourth-order valence-electron chi connectivity index (χ4n) is 1.19. The smallest absolute Gasteiger partial charge is 0.0689 e. The van der Waals surface area contributed by atoms with E-state index < -0.39 is 0 Å². The molecule has 0 aromatic heterocycles. The lowest BCUT2D eigenvalue weighted by Crippen LogP contribution is -2.38. The van der Waals surface area contributed by atoms with Crippen LogP contribution in [0.1, 0.15) is 33.6 Å². The molecule has 2 unspecified atom stereocenters. The summed E-state index contributed by atoms with van der Waals surface area (Å²) in [7, 11) is 2.06. The van der Waals surface area contributed by atoms with E-state index in [4.69, 9.17) is 0 Å². The predicted molar refractivity (Wildman–Crippen MR) is 48.7 cm³/mol. The third-order valence-corrected chi connectivity index (χ3v) is 2.25. The first kappa shape index (κ1) is 10.9. The van der Waals surface area contributed by atoms with Crippen molar-refractivity contribution in [2.24, 2.45) is 0 Å². The van der Waals surface area contributed by atoms with Crippen molar-refractivity contribution in [3.05, 3.63) is 0 Å². The summed E-state index contributed by atoms with van der Waals surface area (Å²) in [5, 5.41) is 9.48. The van der Waals surface area contributed by atoms with Crippen LogP contribution in [0.25, 0.3) is 0 Å². The molecule has 0 saturated heterocycles. The monoisotopic (exact) mass is 159 g/mol. The lowest BCUT2D eigenvalue weighted by atomic mass is 10.1. The van der Waals surface area contributed by atoms with Gasteiger partial charge in [-0.15, -0.1) is 0 Å². The molecule has 0 saturated carbocycles. The molecule has 2 atom stereocenters. The average Bonchev–Trinajstić information content (AvgIpc) is 2.02. The zero-order valence-electron chi connectivity index (χ0n) is 8.17. The SMILES string of the molecule is CCCN(C)C(C)C(O)CC. The lowest BCUT2D eigenvalue weighted by Gasteiger charge is -2.27. The van der Waals surface area contributed by atoms with E-state index >= 15 is 0 Å². The van der Waals surface area contributed by atoms with Crippen LogP contribution in [0.15, 0.2) is 0 Å².